The Kier molecular flexibility index (Phi) is 6.68. The molecule has 124 valence electrons. The van der Waals surface area contributed by atoms with Gasteiger partial charge in [0, 0.05) is 15.1 Å². The summed E-state index contributed by atoms with van der Waals surface area (Å²) < 4.78 is 41.9. The molecule has 0 heterocycles. The molecule has 0 aromatic heterocycles. The molecule has 1 atom stereocenters. The SMILES string of the molecule is O=P(O)(Oc1ccc(CSc2cccc(Br)c2)cc1Br)C(F)F. The normalized spacial score (nSPS) is 13.8. The molecule has 0 fully saturated rings. The number of hydrogen-bond donors (Lipinski definition) is 1. The van der Waals surface area contributed by atoms with Crippen LogP contribution in [-0.4, -0.2) is 11.1 Å². The molecule has 1 N–H and O–H groups in total. The summed E-state index contributed by atoms with van der Waals surface area (Å²) in [6.45, 7) is 0. The third-order valence-electron chi connectivity index (χ3n) is 2.67. The highest BCUT2D eigenvalue weighted by Gasteiger charge is 2.34. The van der Waals surface area contributed by atoms with Crippen LogP contribution >= 0.6 is 51.2 Å². The zero-order valence-electron chi connectivity index (χ0n) is 11.5. The van der Waals surface area contributed by atoms with Crippen LogP contribution in [-0.2, 0) is 10.3 Å². The van der Waals surface area contributed by atoms with Crippen LogP contribution in [0.4, 0.5) is 8.78 Å². The zero-order chi connectivity index (χ0) is 17.0. The Morgan fingerprint density at radius 2 is 1.96 bits per heavy atom. The van der Waals surface area contributed by atoms with Gasteiger partial charge in [-0.3, -0.25) is 0 Å². The van der Waals surface area contributed by atoms with Crippen molar-refractivity contribution < 1.29 is 22.8 Å². The van der Waals surface area contributed by atoms with E-state index in [2.05, 4.69) is 36.4 Å². The maximum absolute atomic E-state index is 12.4. The fraction of sp³-hybridized carbons (Fsp3) is 0.143. The van der Waals surface area contributed by atoms with Crippen LogP contribution in [0.15, 0.2) is 56.3 Å². The first-order valence-electron chi connectivity index (χ1n) is 6.25. The van der Waals surface area contributed by atoms with E-state index in [1.165, 1.54) is 6.07 Å². The van der Waals surface area contributed by atoms with Crippen molar-refractivity contribution >= 4 is 51.2 Å². The zero-order valence-corrected chi connectivity index (χ0v) is 16.3. The van der Waals surface area contributed by atoms with E-state index in [9.17, 15) is 13.3 Å². The van der Waals surface area contributed by atoms with Crippen molar-refractivity contribution in [1.82, 2.24) is 0 Å². The van der Waals surface area contributed by atoms with Crippen molar-refractivity contribution in [3.8, 4) is 5.75 Å². The smallest absolute Gasteiger partial charge is 0.420 e. The Balaban J connectivity index is 2.06. The molecule has 1 unspecified atom stereocenters. The molecule has 0 saturated heterocycles. The maximum Gasteiger partial charge on any atom is 0.442 e. The summed E-state index contributed by atoms with van der Waals surface area (Å²) in [6.07, 6.45) is -3.44. The van der Waals surface area contributed by atoms with Crippen LogP contribution in [0.5, 0.6) is 5.75 Å². The van der Waals surface area contributed by atoms with E-state index >= 15 is 0 Å². The number of rotatable bonds is 6. The van der Waals surface area contributed by atoms with E-state index in [0.717, 1.165) is 14.9 Å². The molecule has 0 saturated carbocycles. The molecule has 0 spiro atoms. The summed E-state index contributed by atoms with van der Waals surface area (Å²) in [6, 6.07) is 12.6. The molecule has 0 radical (unpaired) electrons. The van der Waals surface area contributed by atoms with Gasteiger partial charge < -0.3 is 9.42 Å². The van der Waals surface area contributed by atoms with Crippen molar-refractivity contribution in [1.29, 1.82) is 0 Å². The molecule has 2 aromatic carbocycles. The van der Waals surface area contributed by atoms with E-state index in [1.54, 1.807) is 23.9 Å². The molecular formula is C14H11Br2F2O3PS. The summed E-state index contributed by atoms with van der Waals surface area (Å²) in [5.74, 6) is 0.563. The van der Waals surface area contributed by atoms with E-state index in [1.807, 2.05) is 24.3 Å². The minimum atomic E-state index is -4.97. The number of alkyl halides is 2. The quantitative estimate of drug-likeness (QED) is 0.384. The number of thioether (sulfide) groups is 1. The maximum atomic E-state index is 12.4. The number of hydrogen-bond acceptors (Lipinski definition) is 3. The lowest BCUT2D eigenvalue weighted by molar-refractivity contribution is 0.188. The molecule has 23 heavy (non-hydrogen) atoms. The lowest BCUT2D eigenvalue weighted by Crippen LogP contribution is -2.01. The Bertz CT molecular complexity index is 746. The Labute approximate surface area is 153 Å². The first kappa shape index (κ1) is 18.9. The highest BCUT2D eigenvalue weighted by atomic mass is 79.9. The average molecular weight is 488 g/mol. The van der Waals surface area contributed by atoms with E-state index in [0.29, 0.717) is 10.2 Å². The van der Waals surface area contributed by atoms with Crippen LogP contribution in [0.3, 0.4) is 0 Å². The van der Waals surface area contributed by atoms with E-state index < -0.39 is 13.8 Å². The fourth-order valence-corrected chi connectivity index (χ4v) is 4.21. The third-order valence-corrected chi connectivity index (χ3v) is 5.80. The minimum Gasteiger partial charge on any atom is -0.420 e. The lowest BCUT2D eigenvalue weighted by Gasteiger charge is -2.14. The molecule has 3 nitrogen and oxygen atoms in total. The van der Waals surface area contributed by atoms with Gasteiger partial charge in [-0.05, 0) is 51.8 Å². The largest absolute Gasteiger partial charge is 0.442 e. The molecule has 0 bridgehead atoms. The molecule has 0 aliphatic carbocycles. The monoisotopic (exact) mass is 486 g/mol. The summed E-state index contributed by atoms with van der Waals surface area (Å²) in [5, 5.41) is 0. The third kappa shape index (κ3) is 5.57. The van der Waals surface area contributed by atoms with Gasteiger partial charge in [0.05, 0.1) is 4.47 Å². The van der Waals surface area contributed by atoms with Gasteiger partial charge in [-0.15, -0.1) is 11.8 Å². The predicted molar refractivity (Wildman–Crippen MR) is 94.3 cm³/mol. The van der Waals surface area contributed by atoms with Gasteiger partial charge in [0.15, 0.2) is 0 Å². The fourth-order valence-electron chi connectivity index (χ4n) is 1.61. The molecule has 0 aliphatic rings. The first-order valence-corrected chi connectivity index (χ1v) is 10.5. The Morgan fingerprint density at radius 1 is 1.22 bits per heavy atom. The second-order valence-electron chi connectivity index (χ2n) is 4.44. The van der Waals surface area contributed by atoms with Gasteiger partial charge in [0.2, 0.25) is 0 Å². The van der Waals surface area contributed by atoms with Crippen molar-refractivity contribution in [2.24, 2.45) is 0 Å². The Hall–Kier alpha value is -0.400. The second kappa shape index (κ2) is 8.12. The van der Waals surface area contributed by atoms with Gasteiger partial charge in [0.25, 0.3) is 0 Å². The average Bonchev–Trinajstić information content (AvgIpc) is 2.47. The minimum absolute atomic E-state index is 0.0904. The molecular weight excluding hydrogens is 477 g/mol. The van der Waals surface area contributed by atoms with Crippen LogP contribution in [0.25, 0.3) is 0 Å². The molecule has 9 heteroatoms. The first-order chi connectivity index (χ1) is 10.8. The predicted octanol–water partition coefficient (Wildman–Crippen LogP) is 6.29. The highest BCUT2D eigenvalue weighted by Crippen LogP contribution is 2.50. The van der Waals surface area contributed by atoms with Gasteiger partial charge in [-0.25, -0.2) is 4.57 Å². The van der Waals surface area contributed by atoms with Gasteiger partial charge in [-0.1, -0.05) is 28.1 Å². The summed E-state index contributed by atoms with van der Waals surface area (Å²) in [4.78, 5) is 10.1. The van der Waals surface area contributed by atoms with Crippen LogP contribution < -0.4 is 4.52 Å². The molecule has 2 aromatic rings. The number of benzene rings is 2. The second-order valence-corrected chi connectivity index (χ2v) is 8.96. The van der Waals surface area contributed by atoms with Crippen molar-refractivity contribution in [3.05, 3.63) is 57.0 Å². The van der Waals surface area contributed by atoms with Crippen molar-refractivity contribution in [2.45, 2.75) is 16.8 Å². The van der Waals surface area contributed by atoms with Crippen molar-refractivity contribution in [2.75, 3.05) is 0 Å². The van der Waals surface area contributed by atoms with E-state index in [4.69, 9.17) is 4.89 Å². The van der Waals surface area contributed by atoms with Crippen LogP contribution in [0.2, 0.25) is 0 Å². The molecule has 2 rings (SSSR count). The summed E-state index contributed by atoms with van der Waals surface area (Å²) >= 11 is 8.17. The topological polar surface area (TPSA) is 46.5 Å². The van der Waals surface area contributed by atoms with Gasteiger partial charge >= 0.3 is 13.8 Å². The van der Waals surface area contributed by atoms with Crippen molar-refractivity contribution in [3.63, 3.8) is 0 Å². The van der Waals surface area contributed by atoms with Gasteiger partial charge in [0.1, 0.15) is 5.75 Å². The van der Waals surface area contributed by atoms with Crippen LogP contribution in [0.1, 0.15) is 5.56 Å². The molecule has 0 aliphatic heterocycles. The number of halogens is 4. The van der Waals surface area contributed by atoms with E-state index in [-0.39, 0.29) is 5.75 Å². The lowest BCUT2D eigenvalue weighted by atomic mass is 10.2. The standard InChI is InChI=1S/C14H11Br2F2O3PS/c15-10-2-1-3-11(7-10)23-8-9-4-5-13(12(16)6-9)21-22(19,20)14(17)18/h1-7,14H,8H2,(H,19,20). The van der Waals surface area contributed by atoms with Crippen LogP contribution in [0, 0.1) is 0 Å². The summed E-state index contributed by atoms with van der Waals surface area (Å²) in [5.41, 5.74) is 0.916. The van der Waals surface area contributed by atoms with Gasteiger partial charge in [-0.2, -0.15) is 8.78 Å². The Morgan fingerprint density at radius 3 is 2.57 bits per heavy atom. The summed E-state index contributed by atoms with van der Waals surface area (Å²) in [7, 11) is -4.97. The highest BCUT2D eigenvalue weighted by molar-refractivity contribution is 9.10. The molecule has 0 amide bonds.